The van der Waals surface area contributed by atoms with E-state index in [1.807, 2.05) is 32.0 Å². The Morgan fingerprint density at radius 1 is 1.24 bits per heavy atom. The molecule has 0 atom stereocenters. The number of anilines is 1. The Morgan fingerprint density at radius 2 is 1.95 bits per heavy atom. The zero-order chi connectivity index (χ0) is 15.7. The summed E-state index contributed by atoms with van der Waals surface area (Å²) < 4.78 is 15.7. The van der Waals surface area contributed by atoms with E-state index in [-0.39, 0.29) is 5.97 Å². The van der Waals surface area contributed by atoms with Crippen LogP contribution in [0.15, 0.2) is 29.8 Å². The molecule has 1 rings (SSSR count). The average Bonchev–Trinajstić information content (AvgIpc) is 2.49. The van der Waals surface area contributed by atoms with Crippen LogP contribution in [0.25, 0.3) is 0 Å². The van der Waals surface area contributed by atoms with Crippen molar-refractivity contribution in [3.63, 3.8) is 0 Å². The predicted octanol–water partition coefficient (Wildman–Crippen LogP) is 3.02. The van der Waals surface area contributed by atoms with Gasteiger partial charge in [-0.3, -0.25) is 0 Å². The third-order valence-corrected chi connectivity index (χ3v) is 2.77. The van der Waals surface area contributed by atoms with Crippen LogP contribution in [-0.2, 0) is 9.53 Å². The maximum absolute atomic E-state index is 11.3. The SMILES string of the molecule is CCOc1ccc(OCC)c(NC/C=C(/C)C(=O)OC)c1. The molecule has 0 unspecified atom stereocenters. The lowest BCUT2D eigenvalue weighted by Gasteiger charge is -2.13. The van der Waals surface area contributed by atoms with E-state index in [1.54, 1.807) is 13.0 Å². The smallest absolute Gasteiger partial charge is 0.333 e. The van der Waals surface area contributed by atoms with Gasteiger partial charge in [-0.25, -0.2) is 4.79 Å². The fourth-order valence-corrected chi connectivity index (χ4v) is 1.74. The lowest BCUT2D eigenvalue weighted by Crippen LogP contribution is -2.07. The van der Waals surface area contributed by atoms with Crippen LogP contribution in [0.3, 0.4) is 0 Å². The molecular formula is C16H23NO4. The molecular weight excluding hydrogens is 270 g/mol. The second kappa shape index (κ2) is 8.89. The van der Waals surface area contributed by atoms with Gasteiger partial charge in [0.15, 0.2) is 0 Å². The zero-order valence-electron chi connectivity index (χ0n) is 13.1. The molecule has 0 heterocycles. The molecule has 1 N–H and O–H groups in total. The standard InChI is InChI=1S/C16H23NO4/c1-5-20-13-7-8-15(21-6-2)14(11-13)17-10-9-12(3)16(18)19-4/h7-9,11,17H,5-6,10H2,1-4H3/b12-9-. The summed E-state index contributed by atoms with van der Waals surface area (Å²) in [7, 11) is 1.37. The molecule has 5 nitrogen and oxygen atoms in total. The first-order valence-corrected chi connectivity index (χ1v) is 7.00. The third kappa shape index (κ3) is 5.38. The quantitative estimate of drug-likeness (QED) is 0.590. The van der Waals surface area contributed by atoms with E-state index in [0.29, 0.717) is 25.3 Å². The van der Waals surface area contributed by atoms with E-state index in [2.05, 4.69) is 10.1 Å². The molecule has 21 heavy (non-hydrogen) atoms. The summed E-state index contributed by atoms with van der Waals surface area (Å²) in [6, 6.07) is 5.62. The van der Waals surface area contributed by atoms with E-state index in [4.69, 9.17) is 9.47 Å². The van der Waals surface area contributed by atoms with E-state index < -0.39 is 0 Å². The van der Waals surface area contributed by atoms with Crippen molar-refractivity contribution in [2.45, 2.75) is 20.8 Å². The highest BCUT2D eigenvalue weighted by molar-refractivity contribution is 5.87. The minimum absolute atomic E-state index is 0.329. The molecule has 0 radical (unpaired) electrons. The topological polar surface area (TPSA) is 56.8 Å². The van der Waals surface area contributed by atoms with Gasteiger partial charge in [0, 0.05) is 18.2 Å². The highest BCUT2D eigenvalue weighted by Gasteiger charge is 2.06. The first-order valence-electron chi connectivity index (χ1n) is 7.00. The number of esters is 1. The third-order valence-electron chi connectivity index (χ3n) is 2.77. The summed E-state index contributed by atoms with van der Waals surface area (Å²) in [5.74, 6) is 1.20. The number of ether oxygens (including phenoxy) is 3. The number of benzene rings is 1. The van der Waals surface area contributed by atoms with Gasteiger partial charge in [-0.15, -0.1) is 0 Å². The summed E-state index contributed by atoms with van der Waals surface area (Å²) in [6.45, 7) is 7.27. The number of carbonyl (C=O) groups excluding carboxylic acids is 1. The Labute approximate surface area is 125 Å². The monoisotopic (exact) mass is 293 g/mol. The normalized spacial score (nSPS) is 11.0. The maximum Gasteiger partial charge on any atom is 0.333 e. The van der Waals surface area contributed by atoms with E-state index in [1.165, 1.54) is 7.11 Å². The largest absolute Gasteiger partial charge is 0.494 e. The molecule has 5 heteroatoms. The molecule has 1 aromatic rings. The van der Waals surface area contributed by atoms with E-state index in [0.717, 1.165) is 17.2 Å². The van der Waals surface area contributed by atoms with Gasteiger partial charge in [-0.05, 0) is 32.9 Å². The van der Waals surface area contributed by atoms with Crippen LogP contribution in [0.1, 0.15) is 20.8 Å². The second-order valence-electron chi connectivity index (χ2n) is 4.28. The van der Waals surface area contributed by atoms with Crippen LogP contribution in [0.5, 0.6) is 11.5 Å². The van der Waals surface area contributed by atoms with Gasteiger partial charge < -0.3 is 19.5 Å². The van der Waals surface area contributed by atoms with Crippen LogP contribution in [-0.4, -0.2) is 32.8 Å². The molecule has 0 fully saturated rings. The molecule has 0 spiro atoms. The number of hydrogen-bond donors (Lipinski definition) is 1. The van der Waals surface area contributed by atoms with Crippen molar-refractivity contribution in [2.75, 3.05) is 32.2 Å². The Hall–Kier alpha value is -2.17. The average molecular weight is 293 g/mol. The Morgan fingerprint density at radius 3 is 2.57 bits per heavy atom. The van der Waals surface area contributed by atoms with E-state index in [9.17, 15) is 4.79 Å². The minimum Gasteiger partial charge on any atom is -0.494 e. The molecule has 1 aromatic carbocycles. The second-order valence-corrected chi connectivity index (χ2v) is 4.28. The van der Waals surface area contributed by atoms with Crippen molar-refractivity contribution in [3.05, 3.63) is 29.8 Å². The van der Waals surface area contributed by atoms with Crippen molar-refractivity contribution >= 4 is 11.7 Å². The van der Waals surface area contributed by atoms with Crippen molar-refractivity contribution in [1.82, 2.24) is 0 Å². The molecule has 0 aliphatic heterocycles. The number of methoxy groups -OCH3 is 1. The molecule has 0 saturated carbocycles. The molecule has 0 amide bonds. The Balaban J connectivity index is 2.79. The van der Waals surface area contributed by atoms with Crippen LogP contribution < -0.4 is 14.8 Å². The van der Waals surface area contributed by atoms with Crippen molar-refractivity contribution < 1.29 is 19.0 Å². The fraction of sp³-hybridized carbons (Fsp3) is 0.438. The van der Waals surface area contributed by atoms with Crippen molar-refractivity contribution in [2.24, 2.45) is 0 Å². The van der Waals surface area contributed by atoms with Gasteiger partial charge in [0.1, 0.15) is 11.5 Å². The predicted molar refractivity (Wildman–Crippen MR) is 83.0 cm³/mol. The highest BCUT2D eigenvalue weighted by atomic mass is 16.5. The summed E-state index contributed by atoms with van der Waals surface area (Å²) in [4.78, 5) is 11.3. The van der Waals surface area contributed by atoms with Gasteiger partial charge in [-0.1, -0.05) is 6.08 Å². The van der Waals surface area contributed by atoms with Gasteiger partial charge in [0.2, 0.25) is 0 Å². The van der Waals surface area contributed by atoms with Gasteiger partial charge >= 0.3 is 5.97 Å². The molecule has 0 bridgehead atoms. The lowest BCUT2D eigenvalue weighted by molar-refractivity contribution is -0.136. The maximum atomic E-state index is 11.3. The van der Waals surface area contributed by atoms with Crippen molar-refractivity contribution in [1.29, 1.82) is 0 Å². The van der Waals surface area contributed by atoms with Crippen LogP contribution in [0.2, 0.25) is 0 Å². The molecule has 116 valence electrons. The zero-order valence-corrected chi connectivity index (χ0v) is 13.1. The van der Waals surface area contributed by atoms with E-state index >= 15 is 0 Å². The number of rotatable bonds is 8. The number of nitrogens with one attached hydrogen (secondary N) is 1. The number of carbonyl (C=O) groups is 1. The summed E-state index contributed by atoms with van der Waals surface area (Å²) >= 11 is 0. The molecule has 0 aliphatic carbocycles. The lowest BCUT2D eigenvalue weighted by atomic mass is 10.2. The minimum atomic E-state index is -0.329. The molecule has 0 aliphatic rings. The van der Waals surface area contributed by atoms with Gasteiger partial charge in [-0.2, -0.15) is 0 Å². The summed E-state index contributed by atoms with van der Waals surface area (Å²) in [5, 5.41) is 3.22. The van der Waals surface area contributed by atoms with Crippen molar-refractivity contribution in [3.8, 4) is 11.5 Å². The fourth-order valence-electron chi connectivity index (χ4n) is 1.74. The Bertz CT molecular complexity index is 497. The summed E-state index contributed by atoms with van der Waals surface area (Å²) in [6.07, 6.45) is 1.77. The van der Waals surface area contributed by atoms with Gasteiger partial charge in [0.25, 0.3) is 0 Å². The van der Waals surface area contributed by atoms with Crippen LogP contribution in [0, 0.1) is 0 Å². The molecule has 0 aromatic heterocycles. The van der Waals surface area contributed by atoms with Gasteiger partial charge in [0.05, 0.1) is 26.0 Å². The highest BCUT2D eigenvalue weighted by Crippen LogP contribution is 2.29. The number of hydrogen-bond acceptors (Lipinski definition) is 5. The van der Waals surface area contributed by atoms with Crippen LogP contribution in [0.4, 0.5) is 5.69 Å². The Kier molecular flexibility index (Phi) is 7.15. The molecule has 0 saturated heterocycles. The first-order chi connectivity index (χ1) is 10.1. The summed E-state index contributed by atoms with van der Waals surface area (Å²) in [5.41, 5.74) is 1.39. The first kappa shape index (κ1) is 16.9. The van der Waals surface area contributed by atoms with Crippen LogP contribution >= 0.6 is 0 Å².